The maximum absolute atomic E-state index is 12.1. The molecule has 0 saturated carbocycles. The van der Waals surface area contributed by atoms with Crippen LogP contribution in [0.15, 0.2) is 53.9 Å². The van der Waals surface area contributed by atoms with E-state index in [4.69, 9.17) is 10.5 Å². The lowest BCUT2D eigenvalue weighted by molar-refractivity contribution is -0.384. The summed E-state index contributed by atoms with van der Waals surface area (Å²) in [5.74, 6) is -1.40. The number of carbonyl (C=O) groups excluding carboxylic acids is 2. The van der Waals surface area contributed by atoms with Crippen LogP contribution in [0, 0.1) is 10.1 Å². The monoisotopic (exact) mass is 493 g/mol. The van der Waals surface area contributed by atoms with Crippen LogP contribution in [0.2, 0.25) is 0 Å². The Morgan fingerprint density at radius 3 is 2.83 bits per heavy atom. The van der Waals surface area contributed by atoms with E-state index in [1.54, 1.807) is 18.2 Å². The summed E-state index contributed by atoms with van der Waals surface area (Å²) >= 11 is 0. The Morgan fingerprint density at radius 2 is 2.14 bits per heavy atom. The maximum Gasteiger partial charge on any atom is 0.412 e. The summed E-state index contributed by atoms with van der Waals surface area (Å²) in [6, 6.07) is 8.14. The number of nitro groups is 1. The van der Waals surface area contributed by atoms with E-state index < -0.39 is 28.7 Å². The van der Waals surface area contributed by atoms with Crippen LogP contribution in [0.25, 0.3) is 5.69 Å². The van der Waals surface area contributed by atoms with Gasteiger partial charge >= 0.3 is 12.1 Å². The van der Waals surface area contributed by atoms with Crippen molar-refractivity contribution in [2.24, 2.45) is 10.7 Å². The van der Waals surface area contributed by atoms with Crippen LogP contribution >= 0.6 is 0 Å². The van der Waals surface area contributed by atoms with Crippen molar-refractivity contribution in [1.29, 1.82) is 0 Å². The van der Waals surface area contributed by atoms with Crippen molar-refractivity contribution in [3.05, 3.63) is 70.3 Å². The van der Waals surface area contributed by atoms with E-state index in [0.29, 0.717) is 24.2 Å². The van der Waals surface area contributed by atoms with Gasteiger partial charge in [-0.05, 0) is 23.8 Å². The second kappa shape index (κ2) is 10.0. The summed E-state index contributed by atoms with van der Waals surface area (Å²) in [7, 11) is 0. The quantitative estimate of drug-likeness (QED) is 0.204. The van der Waals surface area contributed by atoms with Gasteiger partial charge in [-0.2, -0.15) is 0 Å². The van der Waals surface area contributed by atoms with Crippen molar-refractivity contribution in [3.63, 3.8) is 0 Å². The molecular formula is C22H19N7O7. The molecule has 36 heavy (non-hydrogen) atoms. The van der Waals surface area contributed by atoms with Gasteiger partial charge in [0, 0.05) is 24.5 Å². The summed E-state index contributed by atoms with van der Waals surface area (Å²) in [4.78, 5) is 54.0. The van der Waals surface area contributed by atoms with Crippen LogP contribution in [0.3, 0.4) is 0 Å². The number of hydrogen-bond donors (Lipinski definition) is 4. The number of carbonyl (C=O) groups is 3. The number of nitro benzene ring substituents is 1. The number of nitrogens with zero attached hydrogens (tertiary/aromatic N) is 4. The molecule has 14 nitrogen and oxygen atoms in total. The van der Waals surface area contributed by atoms with Gasteiger partial charge in [-0.25, -0.2) is 19.6 Å². The van der Waals surface area contributed by atoms with Crippen molar-refractivity contribution in [3.8, 4) is 5.69 Å². The van der Waals surface area contributed by atoms with Crippen molar-refractivity contribution in [2.45, 2.75) is 19.2 Å². The molecule has 1 aliphatic rings. The highest BCUT2D eigenvalue weighted by molar-refractivity contribution is 6.42. The first-order valence-electron chi connectivity index (χ1n) is 10.4. The number of anilines is 2. The smallest absolute Gasteiger partial charge is 0.412 e. The molecule has 3 aromatic rings. The lowest BCUT2D eigenvalue weighted by Crippen LogP contribution is -2.38. The van der Waals surface area contributed by atoms with Gasteiger partial charge in [0.2, 0.25) is 0 Å². The number of carboxylic acids is 1. The molecule has 4 rings (SSSR count). The number of carboxylic acid groups (broad SMARTS) is 1. The molecule has 0 spiro atoms. The van der Waals surface area contributed by atoms with E-state index in [-0.39, 0.29) is 29.4 Å². The minimum Gasteiger partial charge on any atom is -0.477 e. The molecule has 184 valence electrons. The second-order valence-corrected chi connectivity index (χ2v) is 7.55. The number of aromatic nitrogens is 2. The first-order chi connectivity index (χ1) is 17.3. The average molecular weight is 493 g/mol. The van der Waals surface area contributed by atoms with E-state index in [9.17, 15) is 29.6 Å². The highest BCUT2D eigenvalue weighted by Crippen LogP contribution is 2.38. The summed E-state index contributed by atoms with van der Waals surface area (Å²) < 4.78 is 6.49. The molecule has 1 aliphatic heterocycles. The molecule has 14 heteroatoms. The molecular weight excluding hydrogens is 474 g/mol. The summed E-state index contributed by atoms with van der Waals surface area (Å²) in [5.41, 5.74) is 6.69. The van der Waals surface area contributed by atoms with Gasteiger partial charge in [0.05, 0.1) is 28.3 Å². The highest BCUT2D eigenvalue weighted by atomic mass is 16.6. The molecule has 0 aliphatic carbocycles. The molecule has 1 atom stereocenters. The fourth-order valence-electron chi connectivity index (χ4n) is 3.48. The highest BCUT2D eigenvalue weighted by Gasteiger charge is 2.30. The number of nitrogens with two attached hydrogens (primary N) is 1. The van der Waals surface area contributed by atoms with Gasteiger partial charge in [-0.1, -0.05) is 12.1 Å². The first kappa shape index (κ1) is 24.0. The lowest BCUT2D eigenvalue weighted by Gasteiger charge is -2.21. The van der Waals surface area contributed by atoms with E-state index in [1.807, 2.05) is 6.07 Å². The van der Waals surface area contributed by atoms with Crippen LogP contribution in [-0.4, -0.2) is 49.7 Å². The second-order valence-electron chi connectivity index (χ2n) is 7.55. The Hall–Kier alpha value is -5.11. The Bertz CT molecular complexity index is 1400. The third kappa shape index (κ3) is 5.02. The van der Waals surface area contributed by atoms with Crippen molar-refractivity contribution in [1.82, 2.24) is 9.55 Å². The fraction of sp³-hybridized carbons (Fsp3) is 0.136. The van der Waals surface area contributed by atoms with Crippen LogP contribution in [-0.2, 0) is 27.5 Å². The number of aliphatic imine (C=N–C) groups is 1. The number of nitrogens with one attached hydrogen (secondary N) is 2. The van der Waals surface area contributed by atoms with Crippen molar-refractivity contribution < 1.29 is 29.2 Å². The first-order valence-corrected chi connectivity index (χ1v) is 10.4. The molecule has 0 fully saturated rings. The van der Waals surface area contributed by atoms with Crippen molar-refractivity contribution in [2.75, 3.05) is 10.6 Å². The molecule has 1 unspecified atom stereocenters. The van der Waals surface area contributed by atoms with E-state index in [2.05, 4.69) is 20.6 Å². The summed E-state index contributed by atoms with van der Waals surface area (Å²) in [6.07, 6.45) is 2.32. The number of fused-ring (bicyclic) bond motifs is 1. The SMILES string of the molecule is NCc1cccc(NC(=O)OCc2cn(-c3cc4c(cc3[N+](=O)[O-])NC(C=O)C(C(=O)O)=N4)cn2)c1. The Balaban J connectivity index is 1.54. The number of aliphatic carboxylic acids is 1. The van der Waals surface area contributed by atoms with Crippen molar-refractivity contribution >= 4 is 46.8 Å². The van der Waals surface area contributed by atoms with E-state index in [1.165, 1.54) is 23.2 Å². The van der Waals surface area contributed by atoms with Crippen LogP contribution in [0.1, 0.15) is 11.3 Å². The molecule has 5 N–H and O–H groups in total. The molecule has 0 radical (unpaired) electrons. The fourth-order valence-corrected chi connectivity index (χ4v) is 3.48. The number of rotatable bonds is 8. The number of benzene rings is 2. The predicted molar refractivity (Wildman–Crippen MR) is 127 cm³/mol. The number of ether oxygens (including phenoxy) is 1. The van der Waals surface area contributed by atoms with Gasteiger partial charge in [0.1, 0.15) is 24.6 Å². The topological polar surface area (TPSA) is 204 Å². The van der Waals surface area contributed by atoms with Crippen LogP contribution in [0.4, 0.5) is 27.5 Å². The van der Waals surface area contributed by atoms with Gasteiger partial charge in [-0.15, -0.1) is 0 Å². The van der Waals surface area contributed by atoms with E-state index >= 15 is 0 Å². The average Bonchev–Trinajstić information content (AvgIpc) is 3.34. The molecule has 1 aromatic heterocycles. The zero-order valence-electron chi connectivity index (χ0n) is 18.5. The number of aldehydes is 1. The molecule has 2 heterocycles. The predicted octanol–water partition coefficient (Wildman–Crippen LogP) is 2.14. The number of hydrogen-bond acceptors (Lipinski definition) is 10. The Morgan fingerprint density at radius 1 is 1.33 bits per heavy atom. The molecule has 0 saturated heterocycles. The third-order valence-corrected chi connectivity index (χ3v) is 5.17. The zero-order valence-corrected chi connectivity index (χ0v) is 18.5. The summed E-state index contributed by atoms with van der Waals surface area (Å²) in [5, 5.41) is 26.2. The molecule has 0 bridgehead atoms. The third-order valence-electron chi connectivity index (χ3n) is 5.17. The van der Waals surface area contributed by atoms with Gasteiger partial charge in [-0.3, -0.25) is 20.0 Å². The van der Waals surface area contributed by atoms with Gasteiger partial charge < -0.3 is 25.7 Å². The van der Waals surface area contributed by atoms with Crippen LogP contribution in [0.5, 0.6) is 0 Å². The van der Waals surface area contributed by atoms with Gasteiger partial charge in [0.15, 0.2) is 5.71 Å². The minimum absolute atomic E-state index is 0.0420. The van der Waals surface area contributed by atoms with E-state index in [0.717, 1.165) is 11.6 Å². The maximum atomic E-state index is 12.1. The minimum atomic E-state index is -1.40. The number of amides is 1. The lowest BCUT2D eigenvalue weighted by atomic mass is 10.1. The number of imidazole rings is 1. The Kier molecular flexibility index (Phi) is 6.69. The van der Waals surface area contributed by atoms with Gasteiger partial charge in [0.25, 0.3) is 5.69 Å². The summed E-state index contributed by atoms with van der Waals surface area (Å²) in [6.45, 7) is 0.0888. The largest absolute Gasteiger partial charge is 0.477 e. The molecule has 1 amide bonds. The standard InChI is InChI=1S/C22H19N7O7/c23-7-12-2-1-3-13(4-12)25-22(33)36-10-14-8-28(11-24-14)18-5-16-15(6-19(18)29(34)35)26-17(9-30)20(27-16)21(31)32/h1-6,8-9,11,17,26H,7,10,23H2,(H,25,33)(H,31,32). The zero-order chi connectivity index (χ0) is 25.8. The van der Waals surface area contributed by atoms with Crippen LogP contribution < -0.4 is 16.4 Å². The molecule has 2 aromatic carbocycles. The normalized spacial score (nSPS) is 14.1. The Labute approximate surface area is 202 Å².